The minimum atomic E-state index is -1.55. The van der Waals surface area contributed by atoms with Crippen LogP contribution in [0.2, 0.25) is 0 Å². The van der Waals surface area contributed by atoms with Crippen LogP contribution >= 0.6 is 0 Å². The van der Waals surface area contributed by atoms with Crippen molar-refractivity contribution in [1.29, 1.82) is 0 Å². The van der Waals surface area contributed by atoms with Gasteiger partial charge in [-0.15, -0.1) is 0 Å². The number of allylic oxidation sites excluding steroid dienone is 10. The molecule has 432 valence electrons. The second-order valence-corrected chi connectivity index (χ2v) is 21.8. The van der Waals surface area contributed by atoms with Gasteiger partial charge in [-0.05, 0) is 57.8 Å². The van der Waals surface area contributed by atoms with Gasteiger partial charge in [0.2, 0.25) is 5.91 Å². The third kappa shape index (κ3) is 42.9. The summed E-state index contributed by atoms with van der Waals surface area (Å²) in [7, 11) is 0. The zero-order valence-corrected chi connectivity index (χ0v) is 48.1. The Morgan fingerprint density at radius 2 is 0.838 bits per heavy atom. The zero-order chi connectivity index (χ0) is 53.6. The van der Waals surface area contributed by atoms with Crippen LogP contribution in [0.5, 0.6) is 0 Å². The molecule has 0 aromatic carbocycles. The lowest BCUT2D eigenvalue weighted by Gasteiger charge is -2.40. The number of amides is 1. The first-order chi connectivity index (χ1) is 36.3. The van der Waals surface area contributed by atoms with Crippen molar-refractivity contribution in [1.82, 2.24) is 5.32 Å². The van der Waals surface area contributed by atoms with E-state index in [9.17, 15) is 30.3 Å². The van der Waals surface area contributed by atoms with Crippen molar-refractivity contribution in [3.05, 3.63) is 60.8 Å². The first-order valence-electron chi connectivity index (χ1n) is 31.5. The van der Waals surface area contributed by atoms with Gasteiger partial charge in [-0.3, -0.25) is 4.79 Å². The SMILES string of the molecule is CC/C=C\C/C=C\C/C=C\C/C=C\C/C=C\CCCCCCCCCCCCCCCCCCCCCCCCCCCC(=O)NC(COC1OC(CO)C(O)C(O)C1O)C(O)CCCCCCCCCCCC. The van der Waals surface area contributed by atoms with E-state index in [0.29, 0.717) is 12.8 Å². The number of nitrogens with one attached hydrogen (secondary N) is 1. The standard InChI is InChI=1S/C65H119NO8/c1-3-5-7-9-11-13-15-16-17-18-19-20-21-22-23-24-25-26-27-28-29-30-31-32-33-34-35-36-37-38-39-40-41-42-43-44-45-47-49-51-53-55-61(69)66-58(57-73-65-64(72)63(71)62(70)60(56-67)74-65)59(68)54-52-50-48-46-14-12-10-8-6-4-2/h5,7,11,13,16-17,19-20,22-23,58-60,62-65,67-68,70-72H,3-4,6,8-10,12,14-15,18,21,24-57H2,1-2H3,(H,66,69)/b7-5-,13-11-,17-16-,20-19-,23-22-. The van der Waals surface area contributed by atoms with Crippen molar-refractivity contribution in [3.8, 4) is 0 Å². The quantitative estimate of drug-likeness (QED) is 0.0261. The maximum absolute atomic E-state index is 13.0. The summed E-state index contributed by atoms with van der Waals surface area (Å²) in [6, 6.07) is -0.716. The van der Waals surface area contributed by atoms with Gasteiger partial charge in [0.25, 0.3) is 0 Å². The highest BCUT2D eigenvalue weighted by Crippen LogP contribution is 2.23. The highest BCUT2D eigenvalue weighted by Gasteiger charge is 2.44. The number of hydrogen-bond acceptors (Lipinski definition) is 8. The molecule has 74 heavy (non-hydrogen) atoms. The van der Waals surface area contributed by atoms with Crippen LogP contribution in [0.4, 0.5) is 0 Å². The Labute approximate surface area is 456 Å². The van der Waals surface area contributed by atoms with Gasteiger partial charge < -0.3 is 40.3 Å². The van der Waals surface area contributed by atoms with Gasteiger partial charge in [0, 0.05) is 6.42 Å². The fourth-order valence-corrected chi connectivity index (χ4v) is 9.96. The Bertz CT molecular complexity index is 1350. The molecule has 0 aliphatic carbocycles. The van der Waals surface area contributed by atoms with Crippen LogP contribution in [-0.2, 0) is 14.3 Å². The predicted octanol–water partition coefficient (Wildman–Crippen LogP) is 16.2. The first-order valence-corrected chi connectivity index (χ1v) is 31.5. The number of aliphatic hydroxyl groups excluding tert-OH is 5. The zero-order valence-electron chi connectivity index (χ0n) is 48.1. The lowest BCUT2D eigenvalue weighted by Crippen LogP contribution is -2.60. The summed E-state index contributed by atoms with van der Waals surface area (Å²) in [4.78, 5) is 13.0. The largest absolute Gasteiger partial charge is 0.394 e. The van der Waals surface area contributed by atoms with E-state index < -0.39 is 49.5 Å². The van der Waals surface area contributed by atoms with Crippen LogP contribution < -0.4 is 5.32 Å². The molecule has 0 aromatic heterocycles. The Morgan fingerprint density at radius 3 is 1.24 bits per heavy atom. The molecule has 7 unspecified atom stereocenters. The molecule has 1 aliphatic rings. The summed E-state index contributed by atoms with van der Waals surface area (Å²) in [6.07, 6.45) is 67.3. The van der Waals surface area contributed by atoms with E-state index in [1.165, 1.54) is 193 Å². The molecule has 0 radical (unpaired) electrons. The van der Waals surface area contributed by atoms with E-state index >= 15 is 0 Å². The smallest absolute Gasteiger partial charge is 0.220 e. The van der Waals surface area contributed by atoms with Gasteiger partial charge in [0.05, 0.1) is 25.4 Å². The predicted molar refractivity (Wildman–Crippen MR) is 313 cm³/mol. The summed E-state index contributed by atoms with van der Waals surface area (Å²) < 4.78 is 11.3. The summed E-state index contributed by atoms with van der Waals surface area (Å²) in [6.45, 7) is 3.72. The van der Waals surface area contributed by atoms with E-state index in [-0.39, 0.29) is 12.5 Å². The summed E-state index contributed by atoms with van der Waals surface area (Å²) in [5.41, 5.74) is 0. The monoisotopic (exact) mass is 1040 g/mol. The molecule has 7 atom stereocenters. The lowest BCUT2D eigenvalue weighted by molar-refractivity contribution is -0.302. The number of carbonyl (C=O) groups is 1. The van der Waals surface area contributed by atoms with Gasteiger partial charge >= 0.3 is 0 Å². The normalized spacial score (nSPS) is 19.4. The van der Waals surface area contributed by atoms with Gasteiger partial charge in [-0.2, -0.15) is 0 Å². The molecular formula is C65H119NO8. The molecule has 1 fully saturated rings. The minimum absolute atomic E-state index is 0.135. The molecule has 6 N–H and O–H groups in total. The third-order valence-corrected chi connectivity index (χ3v) is 14.9. The topological polar surface area (TPSA) is 149 Å². The Kier molecular flexibility index (Phi) is 51.3. The highest BCUT2D eigenvalue weighted by atomic mass is 16.7. The van der Waals surface area contributed by atoms with Crippen molar-refractivity contribution in [2.45, 2.75) is 333 Å². The van der Waals surface area contributed by atoms with Crippen LogP contribution in [0.15, 0.2) is 60.8 Å². The van der Waals surface area contributed by atoms with Crippen molar-refractivity contribution >= 4 is 5.91 Å². The van der Waals surface area contributed by atoms with Crippen LogP contribution in [0, 0.1) is 0 Å². The number of hydrogen-bond donors (Lipinski definition) is 6. The highest BCUT2D eigenvalue weighted by molar-refractivity contribution is 5.76. The van der Waals surface area contributed by atoms with Crippen molar-refractivity contribution in [2.75, 3.05) is 13.2 Å². The van der Waals surface area contributed by atoms with E-state index in [4.69, 9.17) is 9.47 Å². The van der Waals surface area contributed by atoms with Crippen molar-refractivity contribution in [3.63, 3.8) is 0 Å². The number of carbonyl (C=O) groups excluding carboxylic acids is 1. The van der Waals surface area contributed by atoms with Crippen LogP contribution in [0.1, 0.15) is 290 Å². The molecule has 1 heterocycles. The van der Waals surface area contributed by atoms with Gasteiger partial charge in [0.1, 0.15) is 24.4 Å². The molecular weight excluding hydrogens is 923 g/mol. The summed E-state index contributed by atoms with van der Waals surface area (Å²) in [5, 5.41) is 54.5. The molecule has 1 aliphatic heterocycles. The maximum atomic E-state index is 13.0. The molecule has 1 amide bonds. The second-order valence-electron chi connectivity index (χ2n) is 21.8. The Hall–Kier alpha value is -2.11. The Balaban J connectivity index is 1.98. The van der Waals surface area contributed by atoms with Gasteiger partial charge in [0.15, 0.2) is 6.29 Å². The summed E-state index contributed by atoms with van der Waals surface area (Å²) in [5.74, 6) is -0.142. The van der Waals surface area contributed by atoms with Crippen LogP contribution in [0.25, 0.3) is 0 Å². The molecule has 1 rings (SSSR count). The maximum Gasteiger partial charge on any atom is 0.220 e. The second kappa shape index (κ2) is 54.3. The summed E-state index contributed by atoms with van der Waals surface area (Å²) >= 11 is 0. The lowest BCUT2D eigenvalue weighted by atomic mass is 9.99. The third-order valence-electron chi connectivity index (χ3n) is 14.9. The molecule has 0 spiro atoms. The van der Waals surface area contributed by atoms with Crippen molar-refractivity contribution < 1.29 is 39.8 Å². The molecule has 1 saturated heterocycles. The number of ether oxygens (including phenoxy) is 2. The molecule has 9 nitrogen and oxygen atoms in total. The molecule has 0 aromatic rings. The Morgan fingerprint density at radius 1 is 0.473 bits per heavy atom. The van der Waals surface area contributed by atoms with E-state index in [1.807, 2.05) is 0 Å². The van der Waals surface area contributed by atoms with E-state index in [1.54, 1.807) is 0 Å². The van der Waals surface area contributed by atoms with E-state index in [0.717, 1.165) is 70.6 Å². The van der Waals surface area contributed by atoms with Gasteiger partial charge in [-0.1, -0.05) is 286 Å². The van der Waals surface area contributed by atoms with Crippen LogP contribution in [0.3, 0.4) is 0 Å². The average Bonchev–Trinajstić information content (AvgIpc) is 3.40. The molecule has 0 bridgehead atoms. The fourth-order valence-electron chi connectivity index (χ4n) is 9.96. The number of rotatable bonds is 54. The van der Waals surface area contributed by atoms with Crippen LogP contribution in [-0.4, -0.2) is 87.5 Å². The average molecular weight is 1040 g/mol. The first kappa shape index (κ1) is 69.9. The molecule has 0 saturated carbocycles. The molecule has 9 heteroatoms. The number of aliphatic hydroxyl groups is 5. The van der Waals surface area contributed by atoms with E-state index in [2.05, 4.69) is 79.9 Å². The minimum Gasteiger partial charge on any atom is -0.394 e. The number of unbranched alkanes of at least 4 members (excludes halogenated alkanes) is 34. The fraction of sp³-hybridized carbons (Fsp3) is 0.831. The van der Waals surface area contributed by atoms with Crippen molar-refractivity contribution in [2.24, 2.45) is 0 Å². The van der Waals surface area contributed by atoms with Gasteiger partial charge in [-0.25, -0.2) is 0 Å².